The number of imidazole rings is 1. The molecule has 4 rings (SSSR count). The second kappa shape index (κ2) is 8.38. The Morgan fingerprint density at radius 1 is 1.10 bits per heavy atom. The van der Waals surface area contributed by atoms with Gasteiger partial charge in [-0.05, 0) is 5.56 Å². The van der Waals surface area contributed by atoms with E-state index in [1.165, 1.54) is 0 Å². The predicted octanol–water partition coefficient (Wildman–Crippen LogP) is 1.08. The molecule has 166 valence electrons. The van der Waals surface area contributed by atoms with Gasteiger partial charge in [-0.25, -0.2) is 4.98 Å². The Hall–Kier alpha value is -2.80. The molecule has 0 saturated carbocycles. The van der Waals surface area contributed by atoms with Crippen molar-refractivity contribution in [2.24, 2.45) is 0 Å². The highest BCUT2D eigenvalue weighted by Gasteiger charge is 2.45. The molecule has 1 saturated heterocycles. The molecule has 1 aliphatic heterocycles. The molecule has 0 spiro atoms. The Morgan fingerprint density at radius 3 is 2.48 bits per heavy atom. The predicted molar refractivity (Wildman–Crippen MR) is 99.0 cm³/mol. The van der Waals surface area contributed by atoms with Gasteiger partial charge in [-0.2, -0.15) is 23.1 Å². The molecule has 3 N–H and O–H groups in total. The molecule has 12 heteroatoms. The fourth-order valence-corrected chi connectivity index (χ4v) is 3.36. The number of aliphatic hydroxyl groups excluding tert-OH is 3. The van der Waals surface area contributed by atoms with Crippen LogP contribution < -0.4 is 4.74 Å². The summed E-state index contributed by atoms with van der Waals surface area (Å²) in [5.41, 5.74) is -1.21. The van der Waals surface area contributed by atoms with E-state index in [0.29, 0.717) is 6.42 Å². The summed E-state index contributed by atoms with van der Waals surface area (Å²) in [5, 5.41) is 29.4. The zero-order chi connectivity index (χ0) is 22.2. The van der Waals surface area contributed by atoms with Crippen molar-refractivity contribution in [1.29, 1.82) is 0 Å². The molecule has 0 aliphatic carbocycles. The lowest BCUT2D eigenvalue weighted by atomic mass is 10.1. The van der Waals surface area contributed by atoms with Gasteiger partial charge >= 0.3 is 12.2 Å². The first kappa shape index (κ1) is 21.4. The molecule has 1 aliphatic rings. The van der Waals surface area contributed by atoms with E-state index in [1.54, 1.807) is 0 Å². The standard InChI is InChI=1S/C19H19F3N4O5/c20-19(21,22)15-12-16(25-18(24-15)30-7-6-10-4-2-1-3-5-10)26(9-23-12)17-14(29)13(28)11(8-27)31-17/h1-5,9,11,13-14,17,27-29H,6-8H2/t11-,13-,14-,17?/m1/s1. The van der Waals surface area contributed by atoms with Gasteiger partial charge in [0.05, 0.1) is 19.5 Å². The van der Waals surface area contributed by atoms with Crippen LogP contribution in [0.15, 0.2) is 36.7 Å². The number of halogens is 3. The number of hydrogen-bond donors (Lipinski definition) is 3. The zero-order valence-electron chi connectivity index (χ0n) is 16.0. The maximum absolute atomic E-state index is 13.6. The maximum Gasteiger partial charge on any atom is 0.435 e. The average Bonchev–Trinajstić information content (AvgIpc) is 3.28. The third kappa shape index (κ3) is 4.19. The number of rotatable bonds is 6. The van der Waals surface area contributed by atoms with Crippen molar-refractivity contribution in [3.63, 3.8) is 0 Å². The topological polar surface area (TPSA) is 123 Å². The van der Waals surface area contributed by atoms with Crippen LogP contribution in [-0.2, 0) is 17.3 Å². The fraction of sp³-hybridized carbons (Fsp3) is 0.421. The van der Waals surface area contributed by atoms with Crippen LogP contribution in [0.25, 0.3) is 11.2 Å². The number of nitrogens with zero attached hydrogens (tertiary/aromatic N) is 4. The smallest absolute Gasteiger partial charge is 0.435 e. The third-order valence-corrected chi connectivity index (χ3v) is 4.93. The van der Waals surface area contributed by atoms with Gasteiger partial charge in [-0.3, -0.25) is 4.57 Å². The Bertz CT molecular complexity index is 1050. The summed E-state index contributed by atoms with van der Waals surface area (Å²) >= 11 is 0. The second-order valence-corrected chi connectivity index (χ2v) is 6.99. The van der Waals surface area contributed by atoms with Gasteiger partial charge in [0, 0.05) is 6.42 Å². The Kier molecular flexibility index (Phi) is 5.79. The normalized spacial score (nSPS) is 24.1. The lowest BCUT2D eigenvalue weighted by Gasteiger charge is -2.17. The fourth-order valence-electron chi connectivity index (χ4n) is 3.36. The highest BCUT2D eigenvalue weighted by molar-refractivity contribution is 5.74. The monoisotopic (exact) mass is 440 g/mol. The van der Waals surface area contributed by atoms with Crippen LogP contribution in [0, 0.1) is 0 Å². The van der Waals surface area contributed by atoms with Crippen molar-refractivity contribution >= 4 is 11.2 Å². The molecule has 0 amide bonds. The summed E-state index contributed by atoms with van der Waals surface area (Å²) in [6.07, 6.45) is -8.76. The Morgan fingerprint density at radius 2 is 1.84 bits per heavy atom. The van der Waals surface area contributed by atoms with Crippen LogP contribution in [0.1, 0.15) is 17.5 Å². The molecular weight excluding hydrogens is 421 g/mol. The maximum atomic E-state index is 13.6. The van der Waals surface area contributed by atoms with Crippen LogP contribution >= 0.6 is 0 Å². The molecule has 31 heavy (non-hydrogen) atoms. The van der Waals surface area contributed by atoms with Crippen molar-refractivity contribution in [3.05, 3.63) is 47.9 Å². The molecule has 4 atom stereocenters. The molecule has 1 unspecified atom stereocenters. The van der Waals surface area contributed by atoms with E-state index in [4.69, 9.17) is 9.47 Å². The summed E-state index contributed by atoms with van der Waals surface area (Å²) in [4.78, 5) is 11.2. The van der Waals surface area contributed by atoms with E-state index in [1.807, 2.05) is 30.3 Å². The second-order valence-electron chi connectivity index (χ2n) is 6.99. The van der Waals surface area contributed by atoms with Crippen LogP contribution in [0.5, 0.6) is 6.01 Å². The number of benzene rings is 1. The van der Waals surface area contributed by atoms with Gasteiger partial charge in [0.1, 0.15) is 23.8 Å². The van der Waals surface area contributed by atoms with E-state index >= 15 is 0 Å². The van der Waals surface area contributed by atoms with Gasteiger partial charge in [-0.15, -0.1) is 0 Å². The number of aliphatic hydroxyl groups is 3. The molecule has 1 fully saturated rings. The summed E-state index contributed by atoms with van der Waals surface area (Å²) in [6.45, 7) is -0.549. The van der Waals surface area contributed by atoms with Crippen molar-refractivity contribution < 1.29 is 38.0 Å². The quantitative estimate of drug-likeness (QED) is 0.521. The third-order valence-electron chi connectivity index (χ3n) is 4.93. The minimum atomic E-state index is -4.83. The largest absolute Gasteiger partial charge is 0.463 e. The van der Waals surface area contributed by atoms with Crippen LogP contribution in [-0.4, -0.2) is 66.4 Å². The van der Waals surface area contributed by atoms with Gasteiger partial charge in [0.25, 0.3) is 0 Å². The summed E-state index contributed by atoms with van der Waals surface area (Å²) in [7, 11) is 0. The van der Waals surface area contributed by atoms with Crippen molar-refractivity contribution in [2.75, 3.05) is 13.2 Å². The number of alkyl halides is 3. The lowest BCUT2D eigenvalue weighted by molar-refractivity contribution is -0.140. The SMILES string of the molecule is OC[C@H]1OC(n2cnc3c(C(F)(F)F)nc(OCCc4ccccc4)nc32)[C@H](O)[C@@H]1O. The number of aromatic nitrogens is 4. The molecule has 3 heterocycles. The highest BCUT2D eigenvalue weighted by Crippen LogP contribution is 2.36. The van der Waals surface area contributed by atoms with Gasteiger partial charge in [-0.1, -0.05) is 30.3 Å². The highest BCUT2D eigenvalue weighted by atomic mass is 19.4. The Balaban J connectivity index is 1.67. The minimum Gasteiger partial charge on any atom is -0.463 e. The van der Waals surface area contributed by atoms with E-state index in [-0.39, 0.29) is 12.3 Å². The zero-order valence-corrected chi connectivity index (χ0v) is 16.0. The van der Waals surface area contributed by atoms with Crippen molar-refractivity contribution in [2.45, 2.75) is 37.1 Å². The van der Waals surface area contributed by atoms with Crippen LogP contribution in [0.2, 0.25) is 0 Å². The summed E-state index contributed by atoms with van der Waals surface area (Å²) in [6, 6.07) is 8.70. The number of ether oxygens (including phenoxy) is 2. The molecule has 2 aromatic heterocycles. The van der Waals surface area contributed by atoms with E-state index in [9.17, 15) is 28.5 Å². The summed E-state index contributed by atoms with van der Waals surface area (Å²) in [5.74, 6) is 0. The van der Waals surface area contributed by atoms with Crippen LogP contribution in [0.4, 0.5) is 13.2 Å². The molecule has 3 aromatic rings. The molecule has 0 bridgehead atoms. The Labute approximate surface area is 173 Å². The number of hydrogen-bond acceptors (Lipinski definition) is 8. The lowest BCUT2D eigenvalue weighted by Crippen LogP contribution is -2.33. The van der Waals surface area contributed by atoms with Crippen molar-refractivity contribution in [3.8, 4) is 6.01 Å². The first-order valence-corrected chi connectivity index (χ1v) is 9.40. The first-order chi connectivity index (χ1) is 14.8. The first-order valence-electron chi connectivity index (χ1n) is 9.40. The van der Waals surface area contributed by atoms with E-state index < -0.39 is 54.5 Å². The average molecular weight is 440 g/mol. The van der Waals surface area contributed by atoms with Gasteiger partial charge in [0.2, 0.25) is 0 Å². The minimum absolute atomic E-state index is 0.0365. The van der Waals surface area contributed by atoms with E-state index in [0.717, 1.165) is 16.5 Å². The van der Waals surface area contributed by atoms with Gasteiger partial charge in [0.15, 0.2) is 17.6 Å². The van der Waals surface area contributed by atoms with E-state index in [2.05, 4.69) is 15.0 Å². The van der Waals surface area contributed by atoms with Gasteiger partial charge < -0.3 is 24.8 Å². The molecule has 1 aromatic carbocycles. The molecular formula is C19H19F3N4O5. The number of fused-ring (bicyclic) bond motifs is 1. The summed E-state index contributed by atoms with van der Waals surface area (Å²) < 4.78 is 52.5. The van der Waals surface area contributed by atoms with Crippen molar-refractivity contribution in [1.82, 2.24) is 19.5 Å². The molecule has 0 radical (unpaired) electrons. The van der Waals surface area contributed by atoms with Crippen LogP contribution in [0.3, 0.4) is 0 Å². The molecule has 9 nitrogen and oxygen atoms in total.